The first kappa shape index (κ1) is 14.2. The summed E-state index contributed by atoms with van der Waals surface area (Å²) in [6.45, 7) is 6.41. The van der Waals surface area contributed by atoms with E-state index < -0.39 is 0 Å². The first-order valence-electron chi connectivity index (χ1n) is 6.56. The Morgan fingerprint density at radius 1 is 1.26 bits per heavy atom. The lowest BCUT2D eigenvalue weighted by atomic mass is 10.2. The Bertz CT molecular complexity index is 505. The quantitative estimate of drug-likeness (QED) is 0.786. The summed E-state index contributed by atoms with van der Waals surface area (Å²) in [5.74, 6) is 2.64. The van der Waals surface area contributed by atoms with Gasteiger partial charge in [0.1, 0.15) is 0 Å². The number of hydrogen-bond donors (Lipinski definition) is 1. The summed E-state index contributed by atoms with van der Waals surface area (Å²) < 4.78 is 10.9. The van der Waals surface area contributed by atoms with Crippen molar-refractivity contribution in [3.63, 3.8) is 0 Å². The second-order valence-corrected chi connectivity index (χ2v) is 5.30. The minimum atomic E-state index is 0.353. The molecular weight excluding hydrogens is 264 g/mol. The van der Waals surface area contributed by atoms with Gasteiger partial charge in [0.2, 0.25) is 0 Å². The van der Waals surface area contributed by atoms with Gasteiger partial charge in [0.15, 0.2) is 22.6 Å². The first-order valence-corrected chi connectivity index (χ1v) is 6.94. The summed E-state index contributed by atoms with van der Waals surface area (Å²) in [6, 6.07) is 3.46. The fourth-order valence-corrected chi connectivity index (χ4v) is 1.89. The molecule has 0 aliphatic carbocycles. The summed E-state index contributed by atoms with van der Waals surface area (Å²) in [6.07, 6.45) is 3.50. The van der Waals surface area contributed by atoms with E-state index in [2.05, 4.69) is 24.1 Å². The summed E-state index contributed by atoms with van der Waals surface area (Å²) in [5.41, 5.74) is 0. The average Bonchev–Trinajstić information content (AvgIpc) is 2.97. The van der Waals surface area contributed by atoms with Crippen molar-refractivity contribution in [2.75, 3.05) is 13.1 Å². The highest BCUT2D eigenvalue weighted by atomic mass is 35.5. The van der Waals surface area contributed by atoms with Gasteiger partial charge in [0, 0.05) is 6.42 Å². The molecule has 0 bridgehead atoms. The van der Waals surface area contributed by atoms with Crippen molar-refractivity contribution in [1.82, 2.24) is 10.3 Å². The summed E-state index contributed by atoms with van der Waals surface area (Å²) in [5, 5.41) is 3.74. The van der Waals surface area contributed by atoms with Crippen LogP contribution in [-0.4, -0.2) is 18.1 Å². The molecule has 104 valence electrons. The molecular formula is C14H19ClN2O2. The van der Waals surface area contributed by atoms with Crippen molar-refractivity contribution in [2.45, 2.75) is 26.7 Å². The van der Waals surface area contributed by atoms with Gasteiger partial charge >= 0.3 is 0 Å². The van der Waals surface area contributed by atoms with E-state index in [1.54, 1.807) is 18.3 Å². The highest BCUT2D eigenvalue weighted by molar-refractivity contribution is 6.28. The minimum Gasteiger partial charge on any atom is -0.441 e. The second-order valence-electron chi connectivity index (χ2n) is 4.92. The van der Waals surface area contributed by atoms with Crippen LogP contribution in [0.15, 0.2) is 27.2 Å². The van der Waals surface area contributed by atoms with Crippen LogP contribution in [-0.2, 0) is 6.42 Å². The van der Waals surface area contributed by atoms with E-state index in [1.165, 1.54) is 0 Å². The van der Waals surface area contributed by atoms with Crippen LogP contribution in [0.4, 0.5) is 0 Å². The molecule has 2 rings (SSSR count). The van der Waals surface area contributed by atoms with Gasteiger partial charge in [-0.2, -0.15) is 0 Å². The van der Waals surface area contributed by atoms with Crippen LogP contribution in [0.2, 0.25) is 5.22 Å². The van der Waals surface area contributed by atoms with E-state index in [4.69, 9.17) is 20.4 Å². The van der Waals surface area contributed by atoms with E-state index >= 15 is 0 Å². The Balaban J connectivity index is 1.78. The smallest absolute Gasteiger partial charge is 0.195 e. The van der Waals surface area contributed by atoms with Crippen LogP contribution in [0, 0.1) is 5.92 Å². The number of nitrogens with one attached hydrogen (secondary N) is 1. The molecule has 0 atom stereocenters. The van der Waals surface area contributed by atoms with Gasteiger partial charge in [-0.25, -0.2) is 4.98 Å². The molecule has 2 aromatic rings. The molecule has 5 heteroatoms. The molecule has 0 saturated heterocycles. The Morgan fingerprint density at radius 3 is 2.79 bits per heavy atom. The molecule has 0 radical (unpaired) electrons. The number of furan rings is 1. The van der Waals surface area contributed by atoms with Crippen molar-refractivity contribution in [3.8, 4) is 11.5 Å². The van der Waals surface area contributed by atoms with E-state index in [0.29, 0.717) is 22.7 Å². The van der Waals surface area contributed by atoms with Gasteiger partial charge < -0.3 is 14.2 Å². The molecule has 4 nitrogen and oxygen atoms in total. The van der Waals surface area contributed by atoms with Gasteiger partial charge in [-0.15, -0.1) is 0 Å². The van der Waals surface area contributed by atoms with Gasteiger partial charge in [-0.1, -0.05) is 13.8 Å². The zero-order valence-electron chi connectivity index (χ0n) is 11.3. The topological polar surface area (TPSA) is 51.2 Å². The number of aromatic nitrogens is 1. The molecule has 1 N–H and O–H groups in total. The van der Waals surface area contributed by atoms with E-state index in [0.717, 1.165) is 31.8 Å². The molecule has 0 aliphatic heterocycles. The highest BCUT2D eigenvalue weighted by Gasteiger charge is 2.09. The molecule has 0 aliphatic rings. The summed E-state index contributed by atoms with van der Waals surface area (Å²) >= 11 is 5.72. The Hall–Kier alpha value is -1.26. The predicted molar refractivity (Wildman–Crippen MR) is 75.2 cm³/mol. The SMILES string of the molecule is CC(C)CNCCCc1ncc(-c2ccc(Cl)o2)o1. The predicted octanol–water partition coefficient (Wildman–Crippen LogP) is 3.77. The van der Waals surface area contributed by atoms with Crippen LogP contribution >= 0.6 is 11.6 Å². The highest BCUT2D eigenvalue weighted by Crippen LogP contribution is 2.25. The normalized spacial score (nSPS) is 11.4. The standard InChI is InChI=1S/C14H19ClN2O2/c1-10(2)8-16-7-3-4-14-17-9-12(19-14)11-5-6-13(15)18-11/h5-6,9-10,16H,3-4,7-8H2,1-2H3. The molecule has 0 amide bonds. The molecule has 0 aromatic carbocycles. The van der Waals surface area contributed by atoms with Gasteiger partial charge in [-0.3, -0.25) is 0 Å². The number of halogens is 1. The molecule has 0 saturated carbocycles. The van der Waals surface area contributed by atoms with Crippen LogP contribution in [0.5, 0.6) is 0 Å². The lowest BCUT2D eigenvalue weighted by molar-refractivity contribution is 0.468. The zero-order chi connectivity index (χ0) is 13.7. The number of rotatable bonds is 7. The fourth-order valence-electron chi connectivity index (χ4n) is 1.74. The molecule has 2 heterocycles. The Kier molecular flexibility index (Phi) is 5.05. The van der Waals surface area contributed by atoms with E-state index in [-0.39, 0.29) is 0 Å². The third-order valence-corrected chi connectivity index (χ3v) is 2.87. The molecule has 0 spiro atoms. The van der Waals surface area contributed by atoms with Crippen molar-refractivity contribution in [3.05, 3.63) is 29.4 Å². The monoisotopic (exact) mass is 282 g/mol. The largest absolute Gasteiger partial charge is 0.441 e. The lowest BCUT2D eigenvalue weighted by Gasteiger charge is -2.05. The number of aryl methyl sites for hydroxylation is 1. The van der Waals surface area contributed by atoms with Crippen LogP contribution < -0.4 is 5.32 Å². The number of oxazole rings is 1. The second kappa shape index (κ2) is 6.78. The van der Waals surface area contributed by atoms with Crippen LogP contribution in [0.1, 0.15) is 26.2 Å². The van der Waals surface area contributed by atoms with Crippen LogP contribution in [0.25, 0.3) is 11.5 Å². The number of hydrogen-bond acceptors (Lipinski definition) is 4. The van der Waals surface area contributed by atoms with Crippen molar-refractivity contribution < 1.29 is 8.83 Å². The maximum Gasteiger partial charge on any atom is 0.195 e. The molecule has 19 heavy (non-hydrogen) atoms. The third-order valence-electron chi connectivity index (χ3n) is 2.67. The molecule has 0 unspecified atom stereocenters. The Morgan fingerprint density at radius 2 is 2.11 bits per heavy atom. The maximum absolute atomic E-state index is 5.72. The van der Waals surface area contributed by atoms with Crippen molar-refractivity contribution >= 4 is 11.6 Å². The summed E-state index contributed by atoms with van der Waals surface area (Å²) in [4.78, 5) is 4.24. The molecule has 2 aromatic heterocycles. The third kappa shape index (κ3) is 4.40. The number of nitrogens with zero attached hydrogens (tertiary/aromatic N) is 1. The van der Waals surface area contributed by atoms with E-state index in [1.807, 2.05) is 0 Å². The maximum atomic E-state index is 5.72. The Labute approximate surface area is 118 Å². The van der Waals surface area contributed by atoms with Gasteiger partial charge in [0.05, 0.1) is 6.20 Å². The van der Waals surface area contributed by atoms with Crippen molar-refractivity contribution in [2.24, 2.45) is 5.92 Å². The average molecular weight is 283 g/mol. The van der Waals surface area contributed by atoms with Gasteiger partial charge in [-0.05, 0) is 49.2 Å². The fraction of sp³-hybridized carbons (Fsp3) is 0.500. The lowest BCUT2D eigenvalue weighted by Crippen LogP contribution is -2.21. The van der Waals surface area contributed by atoms with Crippen LogP contribution in [0.3, 0.4) is 0 Å². The zero-order valence-corrected chi connectivity index (χ0v) is 12.0. The van der Waals surface area contributed by atoms with Gasteiger partial charge in [0.25, 0.3) is 0 Å². The van der Waals surface area contributed by atoms with Crippen molar-refractivity contribution in [1.29, 1.82) is 0 Å². The summed E-state index contributed by atoms with van der Waals surface area (Å²) in [7, 11) is 0. The minimum absolute atomic E-state index is 0.353. The molecule has 0 fully saturated rings. The van der Waals surface area contributed by atoms with E-state index in [9.17, 15) is 0 Å². The first-order chi connectivity index (χ1) is 9.15.